The maximum absolute atomic E-state index is 14.3. The number of benzene rings is 4. The Kier molecular flexibility index (Phi) is 5.92. The molecule has 0 heterocycles. The Hall–Kier alpha value is -3.42. The van der Waals surface area contributed by atoms with Crippen molar-refractivity contribution in [3.63, 3.8) is 0 Å². The van der Waals surface area contributed by atoms with Crippen LogP contribution in [0.25, 0.3) is 22.4 Å². The lowest BCUT2D eigenvalue weighted by molar-refractivity contribution is 0.306. The number of hydrogen-bond donors (Lipinski definition) is 0. The highest BCUT2D eigenvalue weighted by atomic mass is 79.9. The van der Waals surface area contributed by atoms with Crippen LogP contribution in [0.2, 0.25) is 0 Å². The number of ether oxygens (including phenoxy) is 1. The Bertz CT molecular complexity index is 1270. The van der Waals surface area contributed by atoms with Crippen LogP contribution >= 0.6 is 15.9 Å². The van der Waals surface area contributed by atoms with Gasteiger partial charge in [0, 0.05) is 15.6 Å². The predicted molar refractivity (Wildman–Crippen MR) is 122 cm³/mol. The van der Waals surface area contributed by atoms with Gasteiger partial charge in [0.2, 0.25) is 0 Å². The van der Waals surface area contributed by atoms with Gasteiger partial charge in [0.15, 0.2) is 0 Å². The fraction of sp³-hybridized carbons (Fsp3) is 0.0385. The summed E-state index contributed by atoms with van der Waals surface area (Å²) in [6, 6.07) is 28.1. The minimum atomic E-state index is -0.428. The molecule has 0 saturated carbocycles. The van der Waals surface area contributed by atoms with Gasteiger partial charge in [0.05, 0.1) is 11.6 Å². The van der Waals surface area contributed by atoms with Crippen molar-refractivity contribution in [2.75, 3.05) is 0 Å². The third-order valence-electron chi connectivity index (χ3n) is 4.81. The average Bonchev–Trinajstić information content (AvgIpc) is 2.78. The molecule has 0 aliphatic carbocycles. The molecule has 4 heteroatoms. The lowest BCUT2D eigenvalue weighted by Crippen LogP contribution is -1.98. The molecule has 0 saturated heterocycles. The lowest BCUT2D eigenvalue weighted by atomic mass is 9.98. The molecule has 0 N–H and O–H groups in total. The van der Waals surface area contributed by atoms with Gasteiger partial charge in [0.1, 0.15) is 18.2 Å². The molecular formula is C26H17BrFNO. The predicted octanol–water partition coefficient (Wildman–Crippen LogP) is 7.38. The third-order valence-corrected chi connectivity index (χ3v) is 5.34. The van der Waals surface area contributed by atoms with Crippen molar-refractivity contribution >= 4 is 38.4 Å². The molecule has 4 aromatic carbocycles. The topological polar surface area (TPSA) is 33.0 Å². The summed E-state index contributed by atoms with van der Waals surface area (Å²) in [7, 11) is 0. The normalized spacial score (nSPS) is 11.3. The summed E-state index contributed by atoms with van der Waals surface area (Å²) in [5.41, 5.74) is 2.30. The van der Waals surface area contributed by atoms with Crippen molar-refractivity contribution in [3.8, 4) is 11.8 Å². The van der Waals surface area contributed by atoms with Gasteiger partial charge in [-0.05, 0) is 46.7 Å². The summed E-state index contributed by atoms with van der Waals surface area (Å²) in [6.45, 7) is 0.383. The first-order chi connectivity index (χ1) is 14.7. The van der Waals surface area contributed by atoms with Gasteiger partial charge in [-0.3, -0.25) is 0 Å². The highest BCUT2D eigenvalue weighted by Gasteiger charge is 2.12. The fourth-order valence-corrected chi connectivity index (χ4v) is 3.55. The quantitative estimate of drug-likeness (QED) is 0.231. The largest absolute Gasteiger partial charge is 0.488 e. The van der Waals surface area contributed by atoms with Crippen LogP contribution in [-0.4, -0.2) is 0 Å². The number of allylic oxidation sites excluding steroid dienone is 1. The van der Waals surface area contributed by atoms with Crippen LogP contribution in [0, 0.1) is 17.1 Å². The molecule has 2 nitrogen and oxygen atoms in total. The second kappa shape index (κ2) is 8.94. The van der Waals surface area contributed by atoms with E-state index in [2.05, 4.69) is 22.0 Å². The summed E-state index contributed by atoms with van der Waals surface area (Å²) in [6.07, 6.45) is 1.71. The van der Waals surface area contributed by atoms with Crippen molar-refractivity contribution in [1.29, 1.82) is 5.26 Å². The maximum atomic E-state index is 14.3. The van der Waals surface area contributed by atoms with Gasteiger partial charge >= 0.3 is 0 Å². The number of hydrogen-bond acceptors (Lipinski definition) is 2. The Morgan fingerprint density at radius 3 is 2.43 bits per heavy atom. The fourth-order valence-electron chi connectivity index (χ4n) is 3.29. The minimum Gasteiger partial charge on any atom is -0.488 e. The van der Waals surface area contributed by atoms with Crippen molar-refractivity contribution in [3.05, 3.63) is 112 Å². The molecule has 4 rings (SSSR count). The zero-order valence-corrected chi connectivity index (χ0v) is 17.6. The van der Waals surface area contributed by atoms with Crippen LogP contribution in [0.5, 0.6) is 5.75 Å². The van der Waals surface area contributed by atoms with E-state index in [0.717, 1.165) is 26.4 Å². The van der Waals surface area contributed by atoms with Gasteiger partial charge in [-0.2, -0.15) is 5.26 Å². The second-order valence-corrected chi connectivity index (χ2v) is 7.68. The molecule has 0 aromatic heterocycles. The minimum absolute atomic E-state index is 0.248. The first-order valence-electron chi connectivity index (χ1n) is 9.41. The summed E-state index contributed by atoms with van der Waals surface area (Å²) in [5.74, 6) is 0.212. The Morgan fingerprint density at radius 1 is 0.933 bits per heavy atom. The Balaban J connectivity index is 1.80. The molecule has 0 fully saturated rings. The molecule has 0 spiro atoms. The number of fused-ring (bicyclic) bond motifs is 1. The van der Waals surface area contributed by atoms with Crippen LogP contribution < -0.4 is 4.74 Å². The van der Waals surface area contributed by atoms with Gasteiger partial charge < -0.3 is 4.74 Å². The number of nitriles is 1. The SMILES string of the molecule is N#C/C(=C/c1c(OCc2ccc(Br)cc2)ccc2ccccc12)c1ccccc1F. The molecule has 0 radical (unpaired) electrons. The van der Waals surface area contributed by atoms with Crippen molar-refractivity contribution in [1.82, 2.24) is 0 Å². The van der Waals surface area contributed by atoms with E-state index in [1.807, 2.05) is 60.7 Å². The van der Waals surface area contributed by atoms with E-state index >= 15 is 0 Å². The summed E-state index contributed by atoms with van der Waals surface area (Å²) < 4.78 is 21.4. The molecule has 0 aliphatic rings. The Labute approximate surface area is 183 Å². The van der Waals surface area contributed by atoms with Crippen molar-refractivity contribution < 1.29 is 9.13 Å². The van der Waals surface area contributed by atoms with Crippen LogP contribution in [0.3, 0.4) is 0 Å². The molecule has 4 aromatic rings. The van der Waals surface area contributed by atoms with E-state index in [0.29, 0.717) is 12.4 Å². The molecular weight excluding hydrogens is 441 g/mol. The van der Waals surface area contributed by atoms with E-state index in [1.54, 1.807) is 24.3 Å². The van der Waals surface area contributed by atoms with E-state index < -0.39 is 5.82 Å². The molecule has 0 atom stereocenters. The first kappa shape index (κ1) is 19.9. The molecule has 30 heavy (non-hydrogen) atoms. The van der Waals surface area contributed by atoms with Crippen LogP contribution in [0.4, 0.5) is 4.39 Å². The van der Waals surface area contributed by atoms with Gasteiger partial charge in [0.25, 0.3) is 0 Å². The summed E-state index contributed by atoms with van der Waals surface area (Å²) >= 11 is 3.43. The maximum Gasteiger partial charge on any atom is 0.131 e. The molecule has 0 amide bonds. The smallest absolute Gasteiger partial charge is 0.131 e. The van der Waals surface area contributed by atoms with E-state index in [1.165, 1.54) is 6.07 Å². The second-order valence-electron chi connectivity index (χ2n) is 6.76. The molecule has 0 unspecified atom stereocenters. The van der Waals surface area contributed by atoms with Gasteiger partial charge in [-0.25, -0.2) is 4.39 Å². The monoisotopic (exact) mass is 457 g/mol. The molecule has 0 aliphatic heterocycles. The van der Waals surface area contributed by atoms with Crippen LogP contribution in [-0.2, 0) is 6.61 Å². The van der Waals surface area contributed by atoms with E-state index in [9.17, 15) is 9.65 Å². The molecule has 0 bridgehead atoms. The summed E-state index contributed by atoms with van der Waals surface area (Å²) in [4.78, 5) is 0. The van der Waals surface area contributed by atoms with Crippen LogP contribution in [0.15, 0.2) is 89.4 Å². The van der Waals surface area contributed by atoms with E-state index in [4.69, 9.17) is 4.74 Å². The highest BCUT2D eigenvalue weighted by molar-refractivity contribution is 9.10. The zero-order valence-electron chi connectivity index (χ0n) is 16.0. The lowest BCUT2D eigenvalue weighted by Gasteiger charge is -2.13. The number of nitrogens with zero attached hydrogens (tertiary/aromatic N) is 1. The number of halogens is 2. The van der Waals surface area contributed by atoms with E-state index in [-0.39, 0.29) is 11.1 Å². The van der Waals surface area contributed by atoms with Crippen molar-refractivity contribution in [2.24, 2.45) is 0 Å². The first-order valence-corrected chi connectivity index (χ1v) is 10.2. The number of rotatable bonds is 5. The van der Waals surface area contributed by atoms with Crippen molar-refractivity contribution in [2.45, 2.75) is 6.61 Å². The highest BCUT2D eigenvalue weighted by Crippen LogP contribution is 2.33. The third kappa shape index (κ3) is 4.27. The summed E-state index contributed by atoms with van der Waals surface area (Å²) in [5, 5.41) is 11.7. The average molecular weight is 458 g/mol. The van der Waals surface area contributed by atoms with Crippen LogP contribution in [0.1, 0.15) is 16.7 Å². The molecule has 146 valence electrons. The standard InChI is InChI=1S/C26H17BrFNO/c27-21-12-9-18(10-13-21)17-30-26-14-11-19-5-1-2-6-22(19)24(26)15-20(16-29)23-7-3-4-8-25(23)28/h1-15H,17H2/b20-15-. The van der Waals surface area contributed by atoms with Gasteiger partial charge in [-0.1, -0.05) is 76.6 Å². The van der Waals surface area contributed by atoms with Gasteiger partial charge in [-0.15, -0.1) is 0 Å². The zero-order chi connectivity index (χ0) is 20.9. The Morgan fingerprint density at radius 2 is 1.67 bits per heavy atom.